The van der Waals surface area contributed by atoms with Gasteiger partial charge in [0.05, 0.1) is 43.8 Å². The van der Waals surface area contributed by atoms with Gasteiger partial charge >= 0.3 is 0 Å². The maximum Gasteiger partial charge on any atom is 0.138 e. The maximum atomic E-state index is 10.3. The van der Waals surface area contributed by atoms with Crippen LogP contribution >= 0.6 is 0 Å². The minimum atomic E-state index is -0.485. The Labute approximate surface area is 239 Å². The lowest BCUT2D eigenvalue weighted by Gasteiger charge is -2.39. The molecule has 0 spiro atoms. The van der Waals surface area contributed by atoms with Crippen LogP contribution in [0.2, 0.25) is 0 Å². The van der Waals surface area contributed by atoms with E-state index in [0.717, 1.165) is 36.1 Å². The maximum absolute atomic E-state index is 10.3. The van der Waals surface area contributed by atoms with E-state index in [1.165, 1.54) is 0 Å². The van der Waals surface area contributed by atoms with Crippen LogP contribution in [0.15, 0.2) is 42.5 Å². The number of anilines is 1. The van der Waals surface area contributed by atoms with E-state index in [-0.39, 0.29) is 23.9 Å². The van der Waals surface area contributed by atoms with Crippen LogP contribution < -0.4 is 15.4 Å². The first-order valence-corrected chi connectivity index (χ1v) is 14.4. The number of phenols is 1. The number of benzene rings is 2. The molecule has 1 aliphatic rings. The molecular formula is C31H48N2O7. The van der Waals surface area contributed by atoms with E-state index in [2.05, 4.69) is 29.7 Å². The van der Waals surface area contributed by atoms with Gasteiger partial charge in [0.1, 0.15) is 11.5 Å². The molecule has 0 aliphatic carbocycles. The molecule has 1 saturated heterocycles. The molecule has 1 heterocycles. The standard InChI is InChI=1S/C31H48N2O7/c1-4-7-25(34)22-40-30-20-32-19-29(31(30)24-9-11-26(12-10-24)38-17-6-16-37-3)39-21-23-8-13-28(35)27(18-23)33-14-5-15-36-2/h8-13,18,25,29-35H,4-7,14-17,19-22H2,1-3H3/t25?,29-,30+,31?/m0/s1. The Bertz CT molecular complexity index is 959. The first kappa shape index (κ1) is 32.1. The van der Waals surface area contributed by atoms with E-state index in [9.17, 15) is 10.2 Å². The molecule has 4 N–H and O–H groups in total. The van der Waals surface area contributed by atoms with Crippen LogP contribution in [0.4, 0.5) is 5.69 Å². The fraction of sp³-hybridized carbons (Fsp3) is 0.613. The highest BCUT2D eigenvalue weighted by Crippen LogP contribution is 2.33. The first-order chi connectivity index (χ1) is 19.5. The Morgan fingerprint density at radius 2 is 1.68 bits per heavy atom. The fourth-order valence-corrected chi connectivity index (χ4v) is 4.90. The molecule has 4 atom stereocenters. The van der Waals surface area contributed by atoms with Crippen molar-refractivity contribution in [3.8, 4) is 11.5 Å². The van der Waals surface area contributed by atoms with Gasteiger partial charge in [0.2, 0.25) is 0 Å². The summed E-state index contributed by atoms with van der Waals surface area (Å²) in [4.78, 5) is 0. The van der Waals surface area contributed by atoms with E-state index >= 15 is 0 Å². The molecule has 2 aromatic carbocycles. The topological polar surface area (TPSA) is 111 Å². The van der Waals surface area contributed by atoms with E-state index in [4.69, 9.17) is 23.7 Å². The van der Waals surface area contributed by atoms with Gasteiger partial charge in [-0.2, -0.15) is 0 Å². The summed E-state index contributed by atoms with van der Waals surface area (Å²) in [6.45, 7) is 6.72. The second-order valence-corrected chi connectivity index (χ2v) is 10.2. The van der Waals surface area contributed by atoms with E-state index in [0.29, 0.717) is 64.8 Å². The zero-order valence-electron chi connectivity index (χ0n) is 24.3. The summed E-state index contributed by atoms with van der Waals surface area (Å²) in [5.41, 5.74) is 2.76. The fourth-order valence-electron chi connectivity index (χ4n) is 4.90. The Morgan fingerprint density at radius 1 is 0.950 bits per heavy atom. The van der Waals surface area contributed by atoms with Crippen LogP contribution in [0.1, 0.15) is 49.7 Å². The minimum Gasteiger partial charge on any atom is -0.506 e. The molecule has 1 fully saturated rings. The van der Waals surface area contributed by atoms with Crippen molar-refractivity contribution in [2.24, 2.45) is 0 Å². The van der Waals surface area contributed by atoms with Crippen LogP contribution in [0.3, 0.4) is 0 Å². The number of aliphatic hydroxyl groups excluding tert-OH is 1. The quantitative estimate of drug-likeness (QED) is 0.149. The second kappa shape index (κ2) is 18.1. The summed E-state index contributed by atoms with van der Waals surface area (Å²) in [5, 5.41) is 27.3. The number of aromatic hydroxyl groups is 1. The van der Waals surface area contributed by atoms with Gasteiger partial charge < -0.3 is 44.5 Å². The molecule has 40 heavy (non-hydrogen) atoms. The number of aliphatic hydroxyl groups is 1. The van der Waals surface area contributed by atoms with Crippen LogP contribution in [0.5, 0.6) is 11.5 Å². The monoisotopic (exact) mass is 560 g/mol. The van der Waals surface area contributed by atoms with Crippen molar-refractivity contribution < 1.29 is 33.9 Å². The van der Waals surface area contributed by atoms with Crippen molar-refractivity contribution in [2.75, 3.05) is 65.6 Å². The van der Waals surface area contributed by atoms with Crippen molar-refractivity contribution >= 4 is 5.69 Å². The number of piperidine rings is 1. The Balaban J connectivity index is 1.70. The lowest BCUT2D eigenvalue weighted by Crippen LogP contribution is -2.51. The zero-order chi connectivity index (χ0) is 28.6. The van der Waals surface area contributed by atoms with Crippen molar-refractivity contribution in [2.45, 2.75) is 63.4 Å². The number of hydrogen-bond acceptors (Lipinski definition) is 9. The van der Waals surface area contributed by atoms with Crippen molar-refractivity contribution in [1.82, 2.24) is 5.32 Å². The van der Waals surface area contributed by atoms with Gasteiger partial charge in [-0.05, 0) is 48.2 Å². The third kappa shape index (κ3) is 10.5. The average Bonchev–Trinajstić information content (AvgIpc) is 2.97. The Morgan fingerprint density at radius 3 is 2.40 bits per heavy atom. The largest absolute Gasteiger partial charge is 0.506 e. The minimum absolute atomic E-state index is 0.0265. The number of rotatable bonds is 19. The van der Waals surface area contributed by atoms with Gasteiger partial charge in [-0.15, -0.1) is 0 Å². The van der Waals surface area contributed by atoms with Gasteiger partial charge in [0.15, 0.2) is 0 Å². The number of nitrogens with one attached hydrogen (secondary N) is 2. The van der Waals surface area contributed by atoms with Gasteiger partial charge in [0, 0.05) is 59.4 Å². The predicted octanol–water partition coefficient (Wildman–Crippen LogP) is 4.07. The van der Waals surface area contributed by atoms with Crippen molar-refractivity contribution in [3.63, 3.8) is 0 Å². The van der Waals surface area contributed by atoms with Crippen LogP contribution in [0, 0.1) is 0 Å². The summed E-state index contributed by atoms with van der Waals surface area (Å²) >= 11 is 0. The van der Waals surface area contributed by atoms with E-state index in [1.807, 2.05) is 24.3 Å². The third-order valence-corrected chi connectivity index (χ3v) is 7.01. The summed E-state index contributed by atoms with van der Waals surface area (Å²) in [7, 11) is 3.37. The second-order valence-electron chi connectivity index (χ2n) is 10.2. The van der Waals surface area contributed by atoms with Crippen LogP contribution in [-0.4, -0.2) is 88.8 Å². The smallest absolute Gasteiger partial charge is 0.138 e. The molecule has 0 bridgehead atoms. The molecule has 0 saturated carbocycles. The molecule has 2 unspecified atom stereocenters. The summed E-state index contributed by atoms with van der Waals surface area (Å²) < 4.78 is 28.8. The molecule has 1 aliphatic heterocycles. The number of methoxy groups -OCH3 is 2. The van der Waals surface area contributed by atoms with E-state index < -0.39 is 6.10 Å². The molecule has 224 valence electrons. The zero-order valence-corrected chi connectivity index (χ0v) is 24.3. The summed E-state index contributed by atoms with van der Waals surface area (Å²) in [6, 6.07) is 13.7. The van der Waals surface area contributed by atoms with Gasteiger partial charge in [-0.3, -0.25) is 0 Å². The van der Waals surface area contributed by atoms with Crippen molar-refractivity contribution in [3.05, 3.63) is 53.6 Å². The highest BCUT2D eigenvalue weighted by Gasteiger charge is 2.36. The molecule has 2 aromatic rings. The normalized spacial score (nSPS) is 19.9. The van der Waals surface area contributed by atoms with Crippen LogP contribution in [0.25, 0.3) is 0 Å². The Kier molecular flexibility index (Phi) is 14.5. The summed E-state index contributed by atoms with van der Waals surface area (Å²) in [5.74, 6) is 1.00. The van der Waals surface area contributed by atoms with Gasteiger partial charge in [-0.25, -0.2) is 0 Å². The number of phenolic OH excluding ortho intramolecular Hbond substituents is 1. The first-order valence-electron chi connectivity index (χ1n) is 14.4. The molecule has 9 nitrogen and oxygen atoms in total. The molecular weight excluding hydrogens is 512 g/mol. The molecule has 0 amide bonds. The van der Waals surface area contributed by atoms with Gasteiger partial charge in [0.25, 0.3) is 0 Å². The summed E-state index contributed by atoms with van der Waals surface area (Å²) in [6.07, 6.45) is 2.50. The SMILES string of the molecule is CCCC(O)CO[C@@H]1CNC[C@H](OCc2ccc(O)c(NCCCOC)c2)C1c1ccc(OCCCOC)cc1. The molecule has 0 aromatic heterocycles. The lowest BCUT2D eigenvalue weighted by molar-refractivity contribution is -0.0783. The number of hydrogen-bond donors (Lipinski definition) is 4. The molecule has 3 rings (SSSR count). The third-order valence-electron chi connectivity index (χ3n) is 7.01. The Hall–Kier alpha value is -2.40. The number of ether oxygens (including phenoxy) is 5. The van der Waals surface area contributed by atoms with E-state index in [1.54, 1.807) is 20.3 Å². The highest BCUT2D eigenvalue weighted by molar-refractivity contribution is 5.57. The molecule has 0 radical (unpaired) electrons. The predicted molar refractivity (Wildman–Crippen MR) is 156 cm³/mol. The highest BCUT2D eigenvalue weighted by atomic mass is 16.5. The van der Waals surface area contributed by atoms with Crippen LogP contribution in [-0.2, 0) is 25.6 Å². The van der Waals surface area contributed by atoms with Crippen molar-refractivity contribution in [1.29, 1.82) is 0 Å². The lowest BCUT2D eigenvalue weighted by atomic mass is 9.85. The average molecular weight is 561 g/mol. The van der Waals surface area contributed by atoms with Gasteiger partial charge in [-0.1, -0.05) is 31.5 Å². The molecule has 9 heteroatoms.